The Morgan fingerprint density at radius 2 is 1.69 bits per heavy atom. The van der Waals surface area contributed by atoms with Crippen LogP contribution in [0.15, 0.2) is 48.5 Å². The van der Waals surface area contributed by atoms with E-state index in [4.69, 9.17) is 4.74 Å². The number of hydrogen-bond acceptors (Lipinski definition) is 5. The predicted molar refractivity (Wildman–Crippen MR) is 125 cm³/mol. The normalized spacial score (nSPS) is 20.6. The van der Waals surface area contributed by atoms with Gasteiger partial charge in [-0.3, -0.25) is 4.72 Å². The Bertz CT molecular complexity index is 1110. The highest BCUT2D eigenvalue weighted by Gasteiger charge is 2.50. The van der Waals surface area contributed by atoms with E-state index >= 15 is 0 Å². The third-order valence-electron chi connectivity index (χ3n) is 7.41. The average molecular weight is 455 g/mol. The first-order valence-corrected chi connectivity index (χ1v) is 12.9. The molecule has 0 radical (unpaired) electrons. The van der Waals surface area contributed by atoms with Gasteiger partial charge in [0, 0.05) is 13.1 Å². The van der Waals surface area contributed by atoms with E-state index in [1.54, 1.807) is 25.1 Å². The Labute approximate surface area is 190 Å². The summed E-state index contributed by atoms with van der Waals surface area (Å²) in [5.74, 6) is -0.390. The number of carbonyl (C=O) groups is 1. The largest absolute Gasteiger partial charge is 0.457 e. The van der Waals surface area contributed by atoms with Crippen LogP contribution < -0.4 is 9.62 Å². The lowest BCUT2D eigenvalue weighted by Crippen LogP contribution is -2.35. The van der Waals surface area contributed by atoms with E-state index in [2.05, 4.69) is 9.62 Å². The Hall–Kier alpha value is -2.54. The van der Waals surface area contributed by atoms with E-state index in [9.17, 15) is 13.2 Å². The second-order valence-corrected chi connectivity index (χ2v) is 12.0. The van der Waals surface area contributed by atoms with Crippen LogP contribution >= 0.6 is 0 Å². The van der Waals surface area contributed by atoms with Crippen molar-refractivity contribution in [3.8, 4) is 0 Å². The number of carbonyl (C=O) groups excluding carboxylic acids is 1. The molecule has 1 saturated heterocycles. The van der Waals surface area contributed by atoms with Crippen LogP contribution in [-0.4, -0.2) is 32.2 Å². The monoisotopic (exact) mass is 454 g/mol. The topological polar surface area (TPSA) is 75.7 Å². The molecular formula is C25H30N2O4S. The number of piperidine rings is 1. The SMILES string of the molecule is CC1(S(=O)(=O)Nc2ccc(C(=O)OCc3ccccc3)c(N3CCC4(CC3)CC4)c2)CC1. The van der Waals surface area contributed by atoms with Crippen LogP contribution in [0.2, 0.25) is 0 Å². The minimum Gasteiger partial charge on any atom is -0.457 e. The molecule has 1 aliphatic heterocycles. The second-order valence-electron chi connectivity index (χ2n) is 9.84. The molecule has 2 saturated carbocycles. The van der Waals surface area contributed by atoms with Gasteiger partial charge in [-0.05, 0) is 74.6 Å². The molecular weight excluding hydrogens is 424 g/mol. The van der Waals surface area contributed by atoms with E-state index in [1.807, 2.05) is 30.3 Å². The molecule has 3 fully saturated rings. The molecule has 0 amide bonds. The molecule has 2 aromatic rings. The van der Waals surface area contributed by atoms with Gasteiger partial charge in [0.25, 0.3) is 0 Å². The molecule has 6 nitrogen and oxygen atoms in total. The summed E-state index contributed by atoms with van der Waals surface area (Å²) in [6.45, 7) is 3.71. The zero-order valence-corrected chi connectivity index (χ0v) is 19.3. The van der Waals surface area contributed by atoms with Gasteiger partial charge in [-0.2, -0.15) is 0 Å². The van der Waals surface area contributed by atoms with Crippen molar-refractivity contribution in [2.24, 2.45) is 5.41 Å². The molecule has 3 aliphatic rings. The Morgan fingerprint density at radius 3 is 2.31 bits per heavy atom. The maximum absolute atomic E-state index is 13.0. The van der Waals surface area contributed by atoms with Gasteiger partial charge < -0.3 is 9.64 Å². The summed E-state index contributed by atoms with van der Waals surface area (Å²) < 4.78 is 33.1. The highest BCUT2D eigenvalue weighted by atomic mass is 32.2. The maximum Gasteiger partial charge on any atom is 0.340 e. The van der Waals surface area contributed by atoms with Gasteiger partial charge in [0.2, 0.25) is 10.0 Å². The quantitative estimate of drug-likeness (QED) is 0.613. The summed E-state index contributed by atoms with van der Waals surface area (Å²) in [6.07, 6.45) is 6.16. The van der Waals surface area contributed by atoms with E-state index in [-0.39, 0.29) is 12.6 Å². The summed E-state index contributed by atoms with van der Waals surface area (Å²) in [5.41, 5.74) is 3.16. The zero-order valence-electron chi connectivity index (χ0n) is 18.5. The van der Waals surface area contributed by atoms with Crippen molar-refractivity contribution in [3.63, 3.8) is 0 Å². The van der Waals surface area contributed by atoms with Crippen LogP contribution in [0.4, 0.5) is 11.4 Å². The summed E-state index contributed by atoms with van der Waals surface area (Å²) in [7, 11) is -3.46. The van der Waals surface area contributed by atoms with Gasteiger partial charge >= 0.3 is 5.97 Å². The number of anilines is 2. The third-order valence-corrected chi connectivity index (χ3v) is 9.62. The highest BCUT2D eigenvalue weighted by molar-refractivity contribution is 7.94. The zero-order chi connectivity index (χ0) is 22.4. The van der Waals surface area contributed by atoms with Gasteiger partial charge in [-0.15, -0.1) is 0 Å². The van der Waals surface area contributed by atoms with Crippen LogP contribution in [0, 0.1) is 5.41 Å². The fourth-order valence-electron chi connectivity index (χ4n) is 4.45. The number of nitrogens with zero attached hydrogens (tertiary/aromatic N) is 1. The van der Waals surface area contributed by atoms with Crippen LogP contribution in [0.3, 0.4) is 0 Å². The molecule has 170 valence electrons. The van der Waals surface area contributed by atoms with Crippen molar-refractivity contribution in [2.45, 2.75) is 56.8 Å². The number of hydrogen-bond donors (Lipinski definition) is 1. The van der Waals surface area contributed by atoms with Crippen molar-refractivity contribution in [1.29, 1.82) is 0 Å². The maximum atomic E-state index is 13.0. The van der Waals surface area contributed by atoms with Crippen molar-refractivity contribution >= 4 is 27.4 Å². The first-order chi connectivity index (χ1) is 15.3. The number of esters is 1. The van der Waals surface area contributed by atoms with Crippen LogP contribution in [0.5, 0.6) is 0 Å². The van der Waals surface area contributed by atoms with Crippen LogP contribution in [0.25, 0.3) is 0 Å². The van der Waals surface area contributed by atoms with Gasteiger partial charge in [-0.25, -0.2) is 13.2 Å². The fraction of sp³-hybridized carbons (Fsp3) is 0.480. The predicted octanol–water partition coefficient (Wildman–Crippen LogP) is 4.72. The van der Waals surface area contributed by atoms with Crippen LogP contribution in [-0.2, 0) is 21.4 Å². The van der Waals surface area contributed by atoms with Gasteiger partial charge in [0.05, 0.1) is 21.7 Å². The molecule has 0 atom stereocenters. The Morgan fingerprint density at radius 1 is 1.00 bits per heavy atom. The number of benzene rings is 2. The molecule has 2 aromatic carbocycles. The average Bonchev–Trinajstić information content (AvgIpc) is 3.72. The Balaban J connectivity index is 1.39. The minimum absolute atomic E-state index is 0.203. The molecule has 1 heterocycles. The van der Waals surface area contributed by atoms with E-state index in [1.165, 1.54) is 12.8 Å². The number of rotatable bonds is 7. The van der Waals surface area contributed by atoms with E-state index < -0.39 is 14.8 Å². The molecule has 0 aromatic heterocycles. The molecule has 0 unspecified atom stereocenters. The molecule has 1 N–H and O–H groups in total. The minimum atomic E-state index is -3.46. The lowest BCUT2D eigenvalue weighted by atomic mass is 9.93. The standard InChI is InChI=1S/C25H30N2O4S/c1-24(9-10-24)32(29,30)26-20-7-8-21(23(28)31-18-19-5-3-2-4-6-19)22(17-20)27-15-13-25(11-12-25)14-16-27/h2-8,17,26H,9-16,18H2,1H3. The smallest absolute Gasteiger partial charge is 0.340 e. The molecule has 32 heavy (non-hydrogen) atoms. The number of nitrogens with one attached hydrogen (secondary N) is 1. The van der Waals surface area contributed by atoms with Gasteiger partial charge in [-0.1, -0.05) is 30.3 Å². The molecule has 1 spiro atoms. The van der Waals surface area contributed by atoms with Gasteiger partial charge in [0.15, 0.2) is 0 Å². The first kappa shape index (κ1) is 21.3. The molecule has 2 aliphatic carbocycles. The summed E-state index contributed by atoms with van der Waals surface area (Å²) in [4.78, 5) is 15.2. The summed E-state index contributed by atoms with van der Waals surface area (Å²) in [6, 6.07) is 14.8. The second kappa shape index (κ2) is 7.80. The summed E-state index contributed by atoms with van der Waals surface area (Å²) >= 11 is 0. The molecule has 7 heteroatoms. The van der Waals surface area contributed by atoms with Crippen molar-refractivity contribution < 1.29 is 17.9 Å². The van der Waals surface area contributed by atoms with Crippen molar-refractivity contribution in [3.05, 3.63) is 59.7 Å². The van der Waals surface area contributed by atoms with Crippen LogP contribution in [0.1, 0.15) is 61.4 Å². The van der Waals surface area contributed by atoms with Gasteiger partial charge in [0.1, 0.15) is 6.61 Å². The van der Waals surface area contributed by atoms with E-state index in [0.29, 0.717) is 29.5 Å². The Kier molecular flexibility index (Phi) is 5.19. The number of sulfonamides is 1. The van der Waals surface area contributed by atoms with Crippen molar-refractivity contribution in [1.82, 2.24) is 0 Å². The van der Waals surface area contributed by atoms with Crippen molar-refractivity contribution in [2.75, 3.05) is 22.7 Å². The summed E-state index contributed by atoms with van der Waals surface area (Å²) in [5, 5.41) is 0. The lowest BCUT2D eigenvalue weighted by Gasteiger charge is -2.35. The fourth-order valence-corrected chi connectivity index (χ4v) is 5.78. The molecule has 5 rings (SSSR count). The number of ether oxygens (including phenoxy) is 1. The molecule has 0 bridgehead atoms. The highest BCUT2D eigenvalue weighted by Crippen LogP contribution is 2.54. The first-order valence-electron chi connectivity index (χ1n) is 11.4. The lowest BCUT2D eigenvalue weighted by molar-refractivity contribution is 0.0473. The third kappa shape index (κ3) is 4.22. The van der Waals surface area contributed by atoms with E-state index in [0.717, 1.165) is 37.2 Å².